The van der Waals surface area contributed by atoms with Gasteiger partial charge in [-0.3, -0.25) is 0 Å². The van der Waals surface area contributed by atoms with Crippen LogP contribution in [0, 0.1) is 11.3 Å². The number of pyridine rings is 1. The van der Waals surface area contributed by atoms with Crippen molar-refractivity contribution >= 4 is 0 Å². The second kappa shape index (κ2) is 4.35. The maximum atomic E-state index is 8.47. The Labute approximate surface area is 71.6 Å². The Hall–Kier alpha value is -1.56. The molecule has 0 atom stereocenters. The SMILES string of the molecule is CCCOc1ccc(C#N)cn1. The summed E-state index contributed by atoms with van der Waals surface area (Å²) in [6.45, 7) is 2.70. The summed E-state index contributed by atoms with van der Waals surface area (Å²) in [5.41, 5.74) is 0.554. The molecule has 0 aliphatic heterocycles. The molecule has 1 aromatic heterocycles. The molecule has 1 heterocycles. The van der Waals surface area contributed by atoms with Crippen molar-refractivity contribution in [2.45, 2.75) is 13.3 Å². The zero-order valence-corrected chi connectivity index (χ0v) is 6.95. The monoisotopic (exact) mass is 162 g/mol. The van der Waals surface area contributed by atoms with Gasteiger partial charge in [-0.25, -0.2) is 4.98 Å². The summed E-state index contributed by atoms with van der Waals surface area (Å²) in [6.07, 6.45) is 2.46. The summed E-state index contributed by atoms with van der Waals surface area (Å²) in [4.78, 5) is 3.94. The molecule has 0 fully saturated rings. The van der Waals surface area contributed by atoms with Gasteiger partial charge in [-0.05, 0) is 12.5 Å². The van der Waals surface area contributed by atoms with Crippen LogP contribution in [0.25, 0.3) is 0 Å². The Morgan fingerprint density at radius 3 is 2.92 bits per heavy atom. The number of hydrogen-bond donors (Lipinski definition) is 0. The molecule has 0 amide bonds. The third-order valence-corrected chi connectivity index (χ3v) is 1.32. The molecule has 12 heavy (non-hydrogen) atoms. The molecule has 1 rings (SSSR count). The van der Waals surface area contributed by atoms with Gasteiger partial charge in [0.25, 0.3) is 0 Å². The zero-order chi connectivity index (χ0) is 8.81. The lowest BCUT2D eigenvalue weighted by Gasteiger charge is -2.01. The van der Waals surface area contributed by atoms with Crippen LogP contribution in [0.5, 0.6) is 5.88 Å². The van der Waals surface area contributed by atoms with E-state index in [2.05, 4.69) is 4.98 Å². The van der Waals surface area contributed by atoms with Gasteiger partial charge in [0.2, 0.25) is 5.88 Å². The van der Waals surface area contributed by atoms with E-state index >= 15 is 0 Å². The zero-order valence-electron chi connectivity index (χ0n) is 6.95. The summed E-state index contributed by atoms with van der Waals surface area (Å²) >= 11 is 0. The van der Waals surface area contributed by atoms with Crippen molar-refractivity contribution < 1.29 is 4.74 Å². The van der Waals surface area contributed by atoms with Crippen molar-refractivity contribution in [2.75, 3.05) is 6.61 Å². The molecule has 0 bridgehead atoms. The first-order valence-electron chi connectivity index (χ1n) is 3.85. The first kappa shape index (κ1) is 8.54. The van der Waals surface area contributed by atoms with E-state index < -0.39 is 0 Å². The van der Waals surface area contributed by atoms with Crippen LogP contribution in [0.2, 0.25) is 0 Å². The van der Waals surface area contributed by atoms with E-state index in [4.69, 9.17) is 10.00 Å². The van der Waals surface area contributed by atoms with Gasteiger partial charge >= 0.3 is 0 Å². The molecule has 0 spiro atoms. The summed E-state index contributed by atoms with van der Waals surface area (Å²) < 4.78 is 5.23. The summed E-state index contributed by atoms with van der Waals surface area (Å²) in [7, 11) is 0. The Morgan fingerprint density at radius 2 is 2.42 bits per heavy atom. The molecule has 1 aromatic rings. The molecule has 3 heteroatoms. The average molecular weight is 162 g/mol. The van der Waals surface area contributed by atoms with Crippen LogP contribution in [-0.2, 0) is 0 Å². The van der Waals surface area contributed by atoms with Gasteiger partial charge in [0.15, 0.2) is 0 Å². The van der Waals surface area contributed by atoms with Crippen LogP contribution in [0.4, 0.5) is 0 Å². The van der Waals surface area contributed by atoms with E-state index in [0.717, 1.165) is 6.42 Å². The van der Waals surface area contributed by atoms with Gasteiger partial charge in [0.05, 0.1) is 12.2 Å². The van der Waals surface area contributed by atoms with Crippen LogP contribution in [0.1, 0.15) is 18.9 Å². The molecular weight excluding hydrogens is 152 g/mol. The lowest BCUT2D eigenvalue weighted by Crippen LogP contribution is -1.96. The van der Waals surface area contributed by atoms with Crippen LogP contribution < -0.4 is 4.74 Å². The molecule has 0 unspecified atom stereocenters. The van der Waals surface area contributed by atoms with Gasteiger partial charge in [0.1, 0.15) is 6.07 Å². The second-order valence-corrected chi connectivity index (χ2v) is 2.35. The van der Waals surface area contributed by atoms with E-state index in [1.54, 1.807) is 12.1 Å². The van der Waals surface area contributed by atoms with Crippen molar-refractivity contribution in [3.63, 3.8) is 0 Å². The molecule has 0 saturated carbocycles. The van der Waals surface area contributed by atoms with Crippen molar-refractivity contribution in [1.29, 1.82) is 5.26 Å². The number of ether oxygens (including phenoxy) is 1. The maximum Gasteiger partial charge on any atom is 0.213 e. The van der Waals surface area contributed by atoms with E-state index in [1.165, 1.54) is 6.20 Å². The predicted octanol–water partition coefficient (Wildman–Crippen LogP) is 1.74. The van der Waals surface area contributed by atoms with Crippen molar-refractivity contribution in [2.24, 2.45) is 0 Å². The first-order valence-corrected chi connectivity index (χ1v) is 3.85. The minimum atomic E-state index is 0.554. The Balaban J connectivity index is 2.60. The Kier molecular flexibility index (Phi) is 3.09. The highest BCUT2D eigenvalue weighted by Gasteiger charge is 1.93. The van der Waals surface area contributed by atoms with Crippen molar-refractivity contribution in [1.82, 2.24) is 4.98 Å². The highest BCUT2D eigenvalue weighted by molar-refractivity contribution is 5.28. The van der Waals surface area contributed by atoms with Crippen molar-refractivity contribution in [3.05, 3.63) is 23.9 Å². The minimum absolute atomic E-state index is 0.554. The molecule has 0 N–H and O–H groups in total. The topological polar surface area (TPSA) is 45.9 Å². The smallest absolute Gasteiger partial charge is 0.213 e. The van der Waals surface area contributed by atoms with E-state index in [0.29, 0.717) is 18.1 Å². The molecule has 0 aliphatic rings. The lowest BCUT2D eigenvalue weighted by atomic mass is 10.3. The predicted molar refractivity (Wildman–Crippen MR) is 44.7 cm³/mol. The highest BCUT2D eigenvalue weighted by Crippen LogP contribution is 2.06. The van der Waals surface area contributed by atoms with Crippen molar-refractivity contribution in [3.8, 4) is 11.9 Å². The third kappa shape index (κ3) is 2.24. The molecular formula is C9H10N2O. The van der Waals surface area contributed by atoms with Crippen LogP contribution in [-0.4, -0.2) is 11.6 Å². The van der Waals surface area contributed by atoms with Gasteiger partial charge in [0, 0.05) is 12.3 Å². The first-order chi connectivity index (χ1) is 5.86. The number of hydrogen-bond acceptors (Lipinski definition) is 3. The largest absolute Gasteiger partial charge is 0.478 e. The van der Waals surface area contributed by atoms with Gasteiger partial charge in [-0.1, -0.05) is 6.92 Å². The van der Waals surface area contributed by atoms with Gasteiger partial charge in [-0.2, -0.15) is 5.26 Å². The number of nitriles is 1. The summed E-state index contributed by atoms with van der Waals surface area (Å²) in [6, 6.07) is 5.39. The molecule has 0 saturated heterocycles. The number of nitrogens with zero attached hydrogens (tertiary/aromatic N) is 2. The fourth-order valence-corrected chi connectivity index (χ4v) is 0.738. The fraction of sp³-hybridized carbons (Fsp3) is 0.333. The average Bonchev–Trinajstić information content (AvgIpc) is 2.15. The minimum Gasteiger partial charge on any atom is -0.478 e. The van der Waals surface area contributed by atoms with E-state index in [9.17, 15) is 0 Å². The van der Waals surface area contributed by atoms with Gasteiger partial charge < -0.3 is 4.74 Å². The molecule has 3 nitrogen and oxygen atoms in total. The van der Waals surface area contributed by atoms with Crippen LogP contribution in [0.15, 0.2) is 18.3 Å². The normalized spacial score (nSPS) is 9.00. The molecule has 62 valence electrons. The lowest BCUT2D eigenvalue weighted by molar-refractivity contribution is 0.305. The molecule has 0 aliphatic carbocycles. The standard InChI is InChI=1S/C9H10N2O/c1-2-5-12-9-4-3-8(6-10)7-11-9/h3-4,7H,2,5H2,1H3. The summed E-state index contributed by atoms with van der Waals surface area (Å²) in [5.74, 6) is 0.579. The van der Waals surface area contributed by atoms with Gasteiger partial charge in [-0.15, -0.1) is 0 Å². The second-order valence-electron chi connectivity index (χ2n) is 2.35. The van der Waals surface area contributed by atoms with E-state index in [1.807, 2.05) is 13.0 Å². The number of rotatable bonds is 3. The molecule has 0 radical (unpaired) electrons. The van der Waals surface area contributed by atoms with Crippen LogP contribution >= 0.6 is 0 Å². The fourth-order valence-electron chi connectivity index (χ4n) is 0.738. The Morgan fingerprint density at radius 1 is 1.58 bits per heavy atom. The maximum absolute atomic E-state index is 8.47. The molecule has 0 aromatic carbocycles. The van der Waals surface area contributed by atoms with Crippen LogP contribution in [0.3, 0.4) is 0 Å². The Bertz CT molecular complexity index is 274. The quantitative estimate of drug-likeness (QED) is 0.680. The summed E-state index contributed by atoms with van der Waals surface area (Å²) in [5, 5.41) is 8.47. The van der Waals surface area contributed by atoms with E-state index in [-0.39, 0.29) is 0 Å². The highest BCUT2D eigenvalue weighted by atomic mass is 16.5. The number of aromatic nitrogens is 1. The third-order valence-electron chi connectivity index (χ3n) is 1.32.